The second-order valence-corrected chi connectivity index (χ2v) is 6.92. The minimum atomic E-state index is -0.518. The predicted octanol–water partition coefficient (Wildman–Crippen LogP) is 3.29. The van der Waals surface area contributed by atoms with E-state index in [1.165, 1.54) is 30.0 Å². The first-order chi connectivity index (χ1) is 12.9. The summed E-state index contributed by atoms with van der Waals surface area (Å²) >= 11 is 1.23. The van der Waals surface area contributed by atoms with Crippen LogP contribution in [0.3, 0.4) is 0 Å². The highest BCUT2D eigenvalue weighted by Gasteiger charge is 2.21. The van der Waals surface area contributed by atoms with Gasteiger partial charge in [-0.3, -0.25) is 19.7 Å². The lowest BCUT2D eigenvalue weighted by molar-refractivity contribution is -0.387. The summed E-state index contributed by atoms with van der Waals surface area (Å²) < 4.78 is 0. The van der Waals surface area contributed by atoms with Gasteiger partial charge in [-0.15, -0.1) is 24.2 Å². The van der Waals surface area contributed by atoms with E-state index in [1.54, 1.807) is 30.5 Å². The van der Waals surface area contributed by atoms with Gasteiger partial charge in [0.1, 0.15) is 0 Å². The Balaban J connectivity index is 0.00000392. The van der Waals surface area contributed by atoms with Crippen molar-refractivity contribution in [3.8, 4) is 0 Å². The second-order valence-electron chi connectivity index (χ2n) is 6.07. The van der Waals surface area contributed by atoms with Crippen molar-refractivity contribution in [2.24, 2.45) is 11.7 Å². The van der Waals surface area contributed by atoms with Crippen molar-refractivity contribution in [2.45, 2.75) is 11.8 Å². The van der Waals surface area contributed by atoms with E-state index >= 15 is 0 Å². The van der Waals surface area contributed by atoms with Crippen molar-refractivity contribution in [1.82, 2.24) is 5.32 Å². The average molecular weight is 424 g/mol. The molecule has 0 aromatic heterocycles. The first kappa shape index (κ1) is 23.6. The lowest BCUT2D eigenvalue weighted by atomic mass is 9.97. The number of benzene rings is 2. The predicted molar refractivity (Wildman–Crippen MR) is 113 cm³/mol. The molecule has 2 rings (SSSR count). The van der Waals surface area contributed by atoms with Gasteiger partial charge in [-0.1, -0.05) is 25.1 Å². The number of nitrogens with one attached hydrogen (secondary N) is 1. The van der Waals surface area contributed by atoms with Gasteiger partial charge in [-0.2, -0.15) is 0 Å². The van der Waals surface area contributed by atoms with Crippen molar-refractivity contribution < 1.29 is 14.5 Å². The summed E-state index contributed by atoms with van der Waals surface area (Å²) in [5.74, 6) is -0.712. The zero-order chi connectivity index (χ0) is 20.0. The lowest BCUT2D eigenvalue weighted by Crippen LogP contribution is -2.32. The van der Waals surface area contributed by atoms with Gasteiger partial charge < -0.3 is 11.1 Å². The molecule has 1 amide bonds. The van der Waals surface area contributed by atoms with Crippen molar-refractivity contribution >= 4 is 41.5 Å². The molecule has 2 aromatic carbocycles. The molecular formula is C19H22ClN3O4S. The number of ketones is 1. The Kier molecular flexibility index (Phi) is 9.11. The molecule has 0 radical (unpaired) electrons. The van der Waals surface area contributed by atoms with Gasteiger partial charge in [-0.25, -0.2) is 0 Å². The summed E-state index contributed by atoms with van der Waals surface area (Å²) in [5.41, 5.74) is 6.00. The number of amides is 1. The quantitative estimate of drug-likeness (QED) is 0.291. The summed E-state index contributed by atoms with van der Waals surface area (Å²) in [6.07, 6.45) is 1.73. The van der Waals surface area contributed by atoms with E-state index in [9.17, 15) is 19.7 Å². The molecule has 3 N–H and O–H groups in total. The molecule has 0 spiro atoms. The zero-order valence-corrected chi connectivity index (χ0v) is 17.1. The van der Waals surface area contributed by atoms with Gasteiger partial charge in [0, 0.05) is 23.7 Å². The van der Waals surface area contributed by atoms with Crippen molar-refractivity contribution in [1.29, 1.82) is 0 Å². The molecule has 1 atom stereocenters. The molecule has 0 aliphatic carbocycles. The Morgan fingerprint density at radius 1 is 1.21 bits per heavy atom. The Bertz CT molecular complexity index is 876. The second kappa shape index (κ2) is 10.8. The van der Waals surface area contributed by atoms with Gasteiger partial charge in [-0.05, 0) is 36.9 Å². The number of nitrogens with two attached hydrogens (primary N) is 1. The maximum absolute atomic E-state index is 12.9. The Hall–Kier alpha value is -2.42. The smallest absolute Gasteiger partial charge is 0.283 e. The van der Waals surface area contributed by atoms with Crippen LogP contribution in [-0.4, -0.2) is 36.0 Å². The standard InChI is InChI=1S/C19H21N3O4S.ClH/c1-12(10-20)11-21-19(24)15-6-4-3-5-14(15)18(23)13-7-8-17(27-2)16(9-13)22(25)26;/h3-9,12H,10-11,20H2,1-2H3,(H,21,24);1H. The molecule has 0 bridgehead atoms. The lowest BCUT2D eigenvalue weighted by Gasteiger charge is -2.12. The average Bonchev–Trinajstić information content (AvgIpc) is 2.70. The molecule has 150 valence electrons. The third-order valence-electron chi connectivity index (χ3n) is 4.07. The number of hydrogen-bond donors (Lipinski definition) is 2. The number of nitro benzene ring substituents is 1. The highest BCUT2D eigenvalue weighted by molar-refractivity contribution is 7.98. The van der Waals surface area contributed by atoms with Crippen LogP contribution in [0, 0.1) is 16.0 Å². The maximum Gasteiger partial charge on any atom is 0.283 e. The van der Waals surface area contributed by atoms with Crippen LogP contribution >= 0.6 is 24.2 Å². The van der Waals surface area contributed by atoms with E-state index in [-0.39, 0.29) is 46.6 Å². The van der Waals surface area contributed by atoms with Crippen LogP contribution in [0.2, 0.25) is 0 Å². The Labute approximate surface area is 173 Å². The van der Waals surface area contributed by atoms with Crippen LogP contribution in [0.5, 0.6) is 0 Å². The van der Waals surface area contributed by atoms with Crippen LogP contribution in [0.25, 0.3) is 0 Å². The minimum Gasteiger partial charge on any atom is -0.352 e. The molecule has 2 aromatic rings. The zero-order valence-electron chi connectivity index (χ0n) is 15.5. The minimum absolute atomic E-state index is 0. The molecule has 0 aliphatic heterocycles. The van der Waals surface area contributed by atoms with Crippen LogP contribution in [0.15, 0.2) is 47.4 Å². The van der Waals surface area contributed by atoms with Gasteiger partial charge in [0.05, 0.1) is 15.4 Å². The van der Waals surface area contributed by atoms with Crippen molar-refractivity contribution in [3.05, 3.63) is 69.3 Å². The molecule has 7 nitrogen and oxygen atoms in total. The van der Waals surface area contributed by atoms with E-state index < -0.39 is 10.7 Å². The third-order valence-corrected chi connectivity index (χ3v) is 4.85. The topological polar surface area (TPSA) is 115 Å². The van der Waals surface area contributed by atoms with Crippen molar-refractivity contribution in [2.75, 3.05) is 19.3 Å². The van der Waals surface area contributed by atoms with Crippen LogP contribution in [0.1, 0.15) is 33.2 Å². The molecule has 0 heterocycles. The molecule has 0 fully saturated rings. The number of carbonyl (C=O) groups excluding carboxylic acids is 2. The number of carbonyl (C=O) groups is 2. The number of halogens is 1. The van der Waals surface area contributed by atoms with Gasteiger partial charge in [0.15, 0.2) is 5.78 Å². The summed E-state index contributed by atoms with van der Waals surface area (Å²) in [7, 11) is 0. The first-order valence-corrected chi connectivity index (χ1v) is 9.56. The van der Waals surface area contributed by atoms with Gasteiger partial charge in [0.25, 0.3) is 11.6 Å². The van der Waals surface area contributed by atoms with Crippen LogP contribution in [-0.2, 0) is 0 Å². The number of nitrogens with zero attached hydrogens (tertiary/aromatic N) is 1. The van der Waals surface area contributed by atoms with E-state index in [2.05, 4.69) is 5.32 Å². The van der Waals surface area contributed by atoms with Gasteiger partial charge >= 0.3 is 0 Å². The molecule has 0 aliphatic rings. The SMILES string of the molecule is CSc1ccc(C(=O)c2ccccc2C(=O)NCC(C)CN)cc1[N+](=O)[O-].Cl. The maximum atomic E-state index is 12.9. The van der Waals surface area contributed by atoms with E-state index in [0.29, 0.717) is 18.0 Å². The van der Waals surface area contributed by atoms with E-state index in [1.807, 2.05) is 6.92 Å². The van der Waals surface area contributed by atoms with E-state index in [4.69, 9.17) is 5.73 Å². The molecule has 0 saturated carbocycles. The molecule has 28 heavy (non-hydrogen) atoms. The summed E-state index contributed by atoms with van der Waals surface area (Å²) in [6, 6.07) is 10.7. The first-order valence-electron chi connectivity index (χ1n) is 8.33. The monoisotopic (exact) mass is 423 g/mol. The van der Waals surface area contributed by atoms with Crippen LogP contribution < -0.4 is 11.1 Å². The number of rotatable bonds is 8. The Morgan fingerprint density at radius 2 is 1.86 bits per heavy atom. The third kappa shape index (κ3) is 5.54. The highest BCUT2D eigenvalue weighted by atomic mass is 35.5. The number of hydrogen-bond acceptors (Lipinski definition) is 6. The van der Waals surface area contributed by atoms with Crippen LogP contribution in [0.4, 0.5) is 5.69 Å². The summed E-state index contributed by atoms with van der Waals surface area (Å²) in [6.45, 7) is 2.74. The summed E-state index contributed by atoms with van der Waals surface area (Å²) in [5, 5.41) is 14.0. The Morgan fingerprint density at radius 3 is 2.43 bits per heavy atom. The fraction of sp³-hybridized carbons (Fsp3) is 0.263. The molecule has 0 saturated heterocycles. The molecular weight excluding hydrogens is 402 g/mol. The fourth-order valence-corrected chi connectivity index (χ4v) is 3.00. The number of thioether (sulfide) groups is 1. The summed E-state index contributed by atoms with van der Waals surface area (Å²) in [4.78, 5) is 36.6. The normalized spacial score (nSPS) is 11.2. The number of nitro groups is 1. The van der Waals surface area contributed by atoms with Gasteiger partial charge in [0.2, 0.25) is 0 Å². The largest absolute Gasteiger partial charge is 0.352 e. The fourth-order valence-electron chi connectivity index (χ4n) is 2.45. The van der Waals surface area contributed by atoms with E-state index in [0.717, 1.165) is 0 Å². The van der Waals surface area contributed by atoms with Crippen molar-refractivity contribution in [3.63, 3.8) is 0 Å². The highest BCUT2D eigenvalue weighted by Crippen LogP contribution is 2.29. The molecule has 1 unspecified atom stereocenters. The molecule has 9 heteroatoms.